The van der Waals surface area contributed by atoms with Crippen molar-refractivity contribution in [1.82, 2.24) is 10.2 Å². The summed E-state index contributed by atoms with van der Waals surface area (Å²) < 4.78 is 0. The van der Waals surface area contributed by atoms with Crippen molar-refractivity contribution >= 4 is 5.91 Å². The number of aliphatic hydroxyl groups excluding tert-OH is 1. The SMILES string of the molecule is CNC(=O)C(C)CN(C)C1CCC(O)CC1. The van der Waals surface area contributed by atoms with Gasteiger partial charge in [0.25, 0.3) is 0 Å². The van der Waals surface area contributed by atoms with Gasteiger partial charge in [0.2, 0.25) is 5.91 Å². The molecule has 2 N–H and O–H groups in total. The molecule has 0 saturated heterocycles. The number of nitrogens with one attached hydrogen (secondary N) is 1. The molecule has 4 heteroatoms. The van der Waals surface area contributed by atoms with Crippen LogP contribution in [0.5, 0.6) is 0 Å². The van der Waals surface area contributed by atoms with Gasteiger partial charge in [-0.2, -0.15) is 0 Å². The summed E-state index contributed by atoms with van der Waals surface area (Å²) in [6.07, 6.45) is 3.75. The first-order valence-corrected chi connectivity index (χ1v) is 6.14. The van der Waals surface area contributed by atoms with Crippen LogP contribution >= 0.6 is 0 Å². The summed E-state index contributed by atoms with van der Waals surface area (Å²) in [6.45, 7) is 2.74. The monoisotopic (exact) mass is 228 g/mol. The van der Waals surface area contributed by atoms with Gasteiger partial charge in [-0.1, -0.05) is 6.92 Å². The molecule has 1 rings (SSSR count). The maximum Gasteiger partial charge on any atom is 0.223 e. The zero-order chi connectivity index (χ0) is 12.1. The molecule has 1 aliphatic rings. The van der Waals surface area contributed by atoms with Crippen LogP contribution in [0, 0.1) is 5.92 Å². The quantitative estimate of drug-likeness (QED) is 0.741. The molecular formula is C12H24N2O2. The molecule has 0 aromatic heterocycles. The number of hydrogen-bond acceptors (Lipinski definition) is 3. The molecule has 16 heavy (non-hydrogen) atoms. The van der Waals surface area contributed by atoms with Gasteiger partial charge in [0, 0.05) is 25.6 Å². The van der Waals surface area contributed by atoms with Crippen molar-refractivity contribution in [3.8, 4) is 0 Å². The predicted octanol–water partition coefficient (Wildman–Crippen LogP) is 0.604. The smallest absolute Gasteiger partial charge is 0.223 e. The summed E-state index contributed by atoms with van der Waals surface area (Å²) in [5.41, 5.74) is 0. The second kappa shape index (κ2) is 6.21. The third kappa shape index (κ3) is 3.76. The summed E-state index contributed by atoms with van der Waals surface area (Å²) in [7, 11) is 3.75. The number of amides is 1. The minimum atomic E-state index is -0.110. The molecule has 4 nitrogen and oxygen atoms in total. The van der Waals surface area contributed by atoms with E-state index in [1.807, 2.05) is 6.92 Å². The maximum absolute atomic E-state index is 11.4. The molecule has 1 saturated carbocycles. The van der Waals surface area contributed by atoms with Gasteiger partial charge in [-0.15, -0.1) is 0 Å². The van der Waals surface area contributed by atoms with Crippen LogP contribution in [0.25, 0.3) is 0 Å². The molecule has 94 valence electrons. The van der Waals surface area contributed by atoms with Gasteiger partial charge in [0.1, 0.15) is 0 Å². The Balaban J connectivity index is 2.34. The number of nitrogens with zero attached hydrogens (tertiary/aromatic N) is 1. The summed E-state index contributed by atoms with van der Waals surface area (Å²) in [5, 5.41) is 12.1. The highest BCUT2D eigenvalue weighted by molar-refractivity contribution is 5.78. The highest BCUT2D eigenvalue weighted by atomic mass is 16.3. The fraction of sp³-hybridized carbons (Fsp3) is 0.917. The van der Waals surface area contributed by atoms with Gasteiger partial charge in [-0.05, 0) is 32.7 Å². The van der Waals surface area contributed by atoms with Crippen molar-refractivity contribution in [2.45, 2.75) is 44.8 Å². The first-order valence-electron chi connectivity index (χ1n) is 6.14. The number of rotatable bonds is 4. The van der Waals surface area contributed by atoms with Crippen LogP contribution in [0.15, 0.2) is 0 Å². The topological polar surface area (TPSA) is 52.6 Å². The van der Waals surface area contributed by atoms with E-state index >= 15 is 0 Å². The van der Waals surface area contributed by atoms with E-state index < -0.39 is 0 Å². The Morgan fingerprint density at radius 3 is 2.50 bits per heavy atom. The molecule has 1 fully saturated rings. The molecule has 1 unspecified atom stereocenters. The fourth-order valence-electron chi connectivity index (χ4n) is 2.41. The Bertz CT molecular complexity index is 225. The van der Waals surface area contributed by atoms with E-state index in [4.69, 9.17) is 0 Å². The average Bonchev–Trinajstić information content (AvgIpc) is 2.28. The zero-order valence-corrected chi connectivity index (χ0v) is 10.6. The van der Waals surface area contributed by atoms with Crippen molar-refractivity contribution in [3.63, 3.8) is 0 Å². The molecule has 0 aromatic carbocycles. The van der Waals surface area contributed by atoms with Crippen LogP contribution in [-0.2, 0) is 4.79 Å². The molecule has 0 aromatic rings. The van der Waals surface area contributed by atoms with E-state index in [2.05, 4.69) is 17.3 Å². The van der Waals surface area contributed by atoms with Gasteiger partial charge in [-0.3, -0.25) is 4.79 Å². The number of aliphatic hydroxyl groups is 1. The summed E-state index contributed by atoms with van der Waals surface area (Å²) >= 11 is 0. The standard InChI is InChI=1S/C12H24N2O2/c1-9(12(16)13-2)8-14(3)10-4-6-11(15)7-5-10/h9-11,15H,4-8H2,1-3H3,(H,13,16). The van der Waals surface area contributed by atoms with Crippen molar-refractivity contribution in [1.29, 1.82) is 0 Å². The average molecular weight is 228 g/mol. The molecule has 1 aliphatic carbocycles. The molecule has 1 atom stereocenters. The van der Waals surface area contributed by atoms with Gasteiger partial charge in [0.05, 0.1) is 6.10 Å². The Labute approximate surface area is 98.0 Å². The van der Waals surface area contributed by atoms with Crippen LogP contribution in [0.1, 0.15) is 32.6 Å². The van der Waals surface area contributed by atoms with Gasteiger partial charge in [-0.25, -0.2) is 0 Å². The Morgan fingerprint density at radius 2 is 2.00 bits per heavy atom. The lowest BCUT2D eigenvalue weighted by Crippen LogP contribution is -2.41. The van der Waals surface area contributed by atoms with E-state index in [0.29, 0.717) is 6.04 Å². The molecule has 0 radical (unpaired) electrons. The molecule has 1 amide bonds. The predicted molar refractivity (Wildman–Crippen MR) is 64.1 cm³/mol. The van der Waals surface area contributed by atoms with E-state index in [-0.39, 0.29) is 17.9 Å². The van der Waals surface area contributed by atoms with E-state index in [0.717, 1.165) is 32.2 Å². The maximum atomic E-state index is 11.4. The minimum Gasteiger partial charge on any atom is -0.393 e. The van der Waals surface area contributed by atoms with Crippen molar-refractivity contribution in [2.75, 3.05) is 20.6 Å². The first kappa shape index (κ1) is 13.5. The number of carbonyl (C=O) groups excluding carboxylic acids is 1. The van der Waals surface area contributed by atoms with E-state index in [9.17, 15) is 9.90 Å². The Morgan fingerprint density at radius 1 is 1.44 bits per heavy atom. The summed E-state index contributed by atoms with van der Waals surface area (Å²) in [5.74, 6) is 0.129. The molecule has 0 spiro atoms. The summed E-state index contributed by atoms with van der Waals surface area (Å²) in [4.78, 5) is 13.7. The first-order chi connectivity index (χ1) is 7.54. The second-order valence-corrected chi connectivity index (χ2v) is 4.92. The number of carbonyl (C=O) groups is 1. The largest absolute Gasteiger partial charge is 0.393 e. The lowest BCUT2D eigenvalue weighted by Gasteiger charge is -2.34. The molecular weight excluding hydrogens is 204 g/mol. The normalized spacial score (nSPS) is 27.8. The molecule has 0 aliphatic heterocycles. The van der Waals surface area contributed by atoms with Crippen LogP contribution in [0.2, 0.25) is 0 Å². The lowest BCUT2D eigenvalue weighted by atomic mass is 9.92. The molecule has 0 bridgehead atoms. The molecule has 0 heterocycles. The van der Waals surface area contributed by atoms with Gasteiger partial charge >= 0.3 is 0 Å². The van der Waals surface area contributed by atoms with Crippen LogP contribution in [-0.4, -0.2) is 48.7 Å². The van der Waals surface area contributed by atoms with Crippen LogP contribution in [0.4, 0.5) is 0 Å². The highest BCUT2D eigenvalue weighted by Gasteiger charge is 2.24. The van der Waals surface area contributed by atoms with Crippen molar-refractivity contribution < 1.29 is 9.90 Å². The van der Waals surface area contributed by atoms with Gasteiger partial charge < -0.3 is 15.3 Å². The highest BCUT2D eigenvalue weighted by Crippen LogP contribution is 2.22. The zero-order valence-electron chi connectivity index (χ0n) is 10.6. The summed E-state index contributed by atoms with van der Waals surface area (Å²) in [6, 6.07) is 0.524. The minimum absolute atomic E-state index is 0.0295. The van der Waals surface area contributed by atoms with E-state index in [1.165, 1.54) is 0 Å². The van der Waals surface area contributed by atoms with Gasteiger partial charge in [0.15, 0.2) is 0 Å². The Kier molecular flexibility index (Phi) is 5.22. The lowest BCUT2D eigenvalue weighted by molar-refractivity contribution is -0.124. The number of hydrogen-bond donors (Lipinski definition) is 2. The van der Waals surface area contributed by atoms with Crippen molar-refractivity contribution in [3.05, 3.63) is 0 Å². The Hall–Kier alpha value is -0.610. The fourth-order valence-corrected chi connectivity index (χ4v) is 2.41. The third-order valence-electron chi connectivity index (χ3n) is 3.55. The third-order valence-corrected chi connectivity index (χ3v) is 3.55. The van der Waals surface area contributed by atoms with E-state index in [1.54, 1.807) is 7.05 Å². The van der Waals surface area contributed by atoms with Crippen LogP contribution in [0.3, 0.4) is 0 Å². The second-order valence-electron chi connectivity index (χ2n) is 4.92. The van der Waals surface area contributed by atoms with Crippen LogP contribution < -0.4 is 5.32 Å². The van der Waals surface area contributed by atoms with Crippen molar-refractivity contribution in [2.24, 2.45) is 5.92 Å².